The molecule has 2 aliphatic carbocycles. The summed E-state index contributed by atoms with van der Waals surface area (Å²) < 4.78 is 6.41. The molecular formula is C59H37NO. The van der Waals surface area contributed by atoms with Gasteiger partial charge in [-0.05, 0) is 120 Å². The van der Waals surface area contributed by atoms with Gasteiger partial charge >= 0.3 is 0 Å². The van der Waals surface area contributed by atoms with Crippen LogP contribution in [0.1, 0.15) is 22.3 Å². The summed E-state index contributed by atoms with van der Waals surface area (Å²) in [5.41, 5.74) is 20.1. The van der Waals surface area contributed by atoms with E-state index in [4.69, 9.17) is 4.42 Å². The third-order valence-corrected chi connectivity index (χ3v) is 13.3. The van der Waals surface area contributed by atoms with Crippen molar-refractivity contribution in [1.29, 1.82) is 0 Å². The molecule has 284 valence electrons. The zero-order valence-electron chi connectivity index (χ0n) is 33.2. The van der Waals surface area contributed by atoms with Crippen LogP contribution in [0.15, 0.2) is 229 Å². The zero-order valence-corrected chi connectivity index (χ0v) is 33.2. The van der Waals surface area contributed by atoms with Crippen molar-refractivity contribution in [3.63, 3.8) is 0 Å². The summed E-state index contributed by atoms with van der Waals surface area (Å²) in [6.45, 7) is 0. The second-order valence-corrected chi connectivity index (χ2v) is 16.3. The summed E-state index contributed by atoms with van der Waals surface area (Å²) in [6.07, 6.45) is 0. The van der Waals surface area contributed by atoms with E-state index < -0.39 is 0 Å². The van der Waals surface area contributed by atoms with Crippen LogP contribution < -0.4 is 4.90 Å². The molecule has 0 aliphatic heterocycles. The molecule has 11 aromatic rings. The van der Waals surface area contributed by atoms with Gasteiger partial charge < -0.3 is 9.32 Å². The van der Waals surface area contributed by atoms with E-state index in [1.807, 2.05) is 6.07 Å². The van der Waals surface area contributed by atoms with Gasteiger partial charge in [0.15, 0.2) is 0 Å². The molecule has 1 spiro atoms. The van der Waals surface area contributed by atoms with E-state index in [9.17, 15) is 0 Å². The molecular weight excluding hydrogens is 739 g/mol. The standard InChI is InChI=1S/C59H37NO/c1-2-16-40-37-42(36-31-38(40)15-1)60(54-28-14-30-56-58(54)49-22-8-12-29-55(49)61-56)41-34-32-39(33-35-41)43-17-3-4-18-44(43)47-23-13-27-53-57(47)48-21-7-11-26-52(48)59(53)50-24-9-5-19-45(50)46-20-6-10-25-51(46)59/h1-37H. The Bertz CT molecular complexity index is 3510. The number of anilines is 3. The maximum Gasteiger partial charge on any atom is 0.137 e. The molecule has 0 atom stereocenters. The van der Waals surface area contributed by atoms with Gasteiger partial charge in [-0.15, -0.1) is 0 Å². The lowest BCUT2D eigenvalue weighted by Gasteiger charge is -2.30. The van der Waals surface area contributed by atoms with Crippen molar-refractivity contribution < 1.29 is 4.42 Å². The fourth-order valence-electron chi connectivity index (χ4n) is 10.8. The van der Waals surface area contributed by atoms with Crippen molar-refractivity contribution in [3.05, 3.63) is 247 Å². The molecule has 61 heavy (non-hydrogen) atoms. The molecule has 2 heteroatoms. The molecule has 0 saturated carbocycles. The lowest BCUT2D eigenvalue weighted by molar-refractivity contribution is 0.669. The summed E-state index contributed by atoms with van der Waals surface area (Å²) in [5.74, 6) is 0. The monoisotopic (exact) mass is 775 g/mol. The summed E-state index contributed by atoms with van der Waals surface area (Å²) >= 11 is 0. The molecule has 0 radical (unpaired) electrons. The number of furan rings is 1. The minimum atomic E-state index is -0.388. The van der Waals surface area contributed by atoms with Gasteiger partial charge in [-0.2, -0.15) is 0 Å². The third kappa shape index (κ3) is 4.79. The van der Waals surface area contributed by atoms with E-state index in [1.165, 1.54) is 77.5 Å². The molecule has 0 saturated heterocycles. The van der Waals surface area contributed by atoms with Crippen LogP contribution in [0.25, 0.3) is 77.2 Å². The zero-order chi connectivity index (χ0) is 40.1. The Labute approximate surface area is 354 Å². The lowest BCUT2D eigenvalue weighted by Crippen LogP contribution is -2.25. The summed E-state index contributed by atoms with van der Waals surface area (Å²) in [4.78, 5) is 2.38. The highest BCUT2D eigenvalue weighted by molar-refractivity contribution is 6.13. The Kier molecular flexibility index (Phi) is 7.26. The summed E-state index contributed by atoms with van der Waals surface area (Å²) in [5, 5.41) is 4.62. The van der Waals surface area contributed by atoms with E-state index in [2.05, 4.69) is 223 Å². The van der Waals surface area contributed by atoms with Crippen molar-refractivity contribution in [2.45, 2.75) is 5.41 Å². The van der Waals surface area contributed by atoms with E-state index in [1.54, 1.807) is 0 Å². The van der Waals surface area contributed by atoms with Crippen LogP contribution in [0.2, 0.25) is 0 Å². The number of hydrogen-bond acceptors (Lipinski definition) is 2. The molecule has 13 rings (SSSR count). The highest BCUT2D eigenvalue weighted by Crippen LogP contribution is 2.64. The highest BCUT2D eigenvalue weighted by atomic mass is 16.3. The highest BCUT2D eigenvalue weighted by Gasteiger charge is 2.52. The largest absolute Gasteiger partial charge is 0.456 e. The first kappa shape index (κ1) is 34.0. The molecule has 2 aliphatic rings. The molecule has 10 aromatic carbocycles. The van der Waals surface area contributed by atoms with Crippen LogP contribution in [0.5, 0.6) is 0 Å². The van der Waals surface area contributed by atoms with Crippen LogP contribution in [0, 0.1) is 0 Å². The molecule has 2 nitrogen and oxygen atoms in total. The number of para-hydroxylation sites is 1. The maximum absolute atomic E-state index is 6.41. The van der Waals surface area contributed by atoms with Crippen LogP contribution >= 0.6 is 0 Å². The van der Waals surface area contributed by atoms with Gasteiger partial charge in [0, 0.05) is 16.8 Å². The van der Waals surface area contributed by atoms with Crippen LogP contribution in [0.4, 0.5) is 17.1 Å². The SMILES string of the molecule is c1ccc(-c2cccc3c2-c2ccccc2C32c3ccccc3-c3ccccc32)c(-c2ccc(N(c3ccc4ccccc4c3)c3cccc4oc5ccccc5c34)cc2)c1. The van der Waals surface area contributed by atoms with Gasteiger partial charge in [0.2, 0.25) is 0 Å². The Morgan fingerprint density at radius 2 is 0.885 bits per heavy atom. The number of fused-ring (bicyclic) bond motifs is 14. The Balaban J connectivity index is 0.982. The topological polar surface area (TPSA) is 16.4 Å². The van der Waals surface area contributed by atoms with Crippen LogP contribution in [0.3, 0.4) is 0 Å². The molecule has 0 N–H and O–H groups in total. The van der Waals surface area contributed by atoms with Crippen LogP contribution in [-0.4, -0.2) is 0 Å². The summed E-state index contributed by atoms with van der Waals surface area (Å²) in [7, 11) is 0. The predicted molar refractivity (Wildman–Crippen MR) is 253 cm³/mol. The Morgan fingerprint density at radius 1 is 0.344 bits per heavy atom. The minimum Gasteiger partial charge on any atom is -0.456 e. The molecule has 1 heterocycles. The quantitative estimate of drug-likeness (QED) is 0.173. The number of nitrogens with zero attached hydrogens (tertiary/aromatic N) is 1. The van der Waals surface area contributed by atoms with E-state index in [-0.39, 0.29) is 5.41 Å². The lowest BCUT2D eigenvalue weighted by atomic mass is 9.70. The van der Waals surface area contributed by atoms with Gasteiger partial charge in [0.25, 0.3) is 0 Å². The van der Waals surface area contributed by atoms with Crippen LogP contribution in [-0.2, 0) is 5.41 Å². The van der Waals surface area contributed by atoms with Crippen molar-refractivity contribution >= 4 is 49.8 Å². The average molecular weight is 776 g/mol. The average Bonchev–Trinajstić information content (AvgIpc) is 3.97. The number of hydrogen-bond donors (Lipinski definition) is 0. The fraction of sp³-hybridized carbons (Fsp3) is 0.0169. The van der Waals surface area contributed by atoms with Gasteiger partial charge in [0.05, 0.1) is 16.5 Å². The van der Waals surface area contributed by atoms with E-state index in [0.717, 1.165) is 39.0 Å². The second-order valence-electron chi connectivity index (χ2n) is 16.3. The third-order valence-electron chi connectivity index (χ3n) is 13.3. The second kappa shape index (κ2) is 13.0. The smallest absolute Gasteiger partial charge is 0.137 e. The first-order chi connectivity index (χ1) is 30.3. The van der Waals surface area contributed by atoms with Crippen molar-refractivity contribution in [3.8, 4) is 44.5 Å². The van der Waals surface area contributed by atoms with Crippen molar-refractivity contribution in [2.75, 3.05) is 4.90 Å². The normalized spacial score (nSPS) is 13.0. The predicted octanol–water partition coefficient (Wildman–Crippen LogP) is 15.9. The molecule has 0 bridgehead atoms. The number of rotatable bonds is 5. The first-order valence-electron chi connectivity index (χ1n) is 21.1. The van der Waals surface area contributed by atoms with Gasteiger partial charge in [-0.1, -0.05) is 182 Å². The van der Waals surface area contributed by atoms with Gasteiger partial charge in [0.1, 0.15) is 11.2 Å². The molecule has 0 fully saturated rings. The molecule has 0 unspecified atom stereocenters. The van der Waals surface area contributed by atoms with Crippen molar-refractivity contribution in [2.24, 2.45) is 0 Å². The fourth-order valence-corrected chi connectivity index (χ4v) is 10.8. The van der Waals surface area contributed by atoms with Gasteiger partial charge in [-0.25, -0.2) is 0 Å². The Hall–Kier alpha value is -7.94. The maximum atomic E-state index is 6.41. The Morgan fingerprint density at radius 3 is 1.66 bits per heavy atom. The number of benzene rings is 10. The molecule has 1 aromatic heterocycles. The van der Waals surface area contributed by atoms with Gasteiger partial charge in [-0.3, -0.25) is 0 Å². The first-order valence-corrected chi connectivity index (χ1v) is 21.1. The molecule has 0 amide bonds. The summed E-state index contributed by atoms with van der Waals surface area (Å²) in [6, 6.07) is 82.2. The minimum absolute atomic E-state index is 0.388. The van der Waals surface area contributed by atoms with E-state index in [0.29, 0.717) is 0 Å². The van der Waals surface area contributed by atoms with E-state index >= 15 is 0 Å². The van der Waals surface area contributed by atoms with Crippen molar-refractivity contribution in [1.82, 2.24) is 0 Å².